The fraction of sp³-hybridized carbons (Fsp3) is 0. The maximum atomic E-state index is 6.76. The molecule has 2 heterocycles. The van der Waals surface area contributed by atoms with Gasteiger partial charge in [0.25, 0.3) is 0 Å². The quantitative estimate of drug-likeness (QED) is 0.173. The molecule has 9 aromatic carbocycles. The zero-order valence-corrected chi connectivity index (χ0v) is 29.7. The summed E-state index contributed by atoms with van der Waals surface area (Å²) in [6, 6.07) is 67.9. The number of para-hydroxylation sites is 4. The van der Waals surface area contributed by atoms with Crippen molar-refractivity contribution in [3.8, 4) is 33.7 Å². The van der Waals surface area contributed by atoms with Gasteiger partial charge in [-0.2, -0.15) is 0 Å². The largest absolute Gasteiger partial charge is 0.454 e. The molecule has 0 aliphatic heterocycles. The summed E-state index contributed by atoms with van der Waals surface area (Å²) in [5.41, 5.74) is 11.6. The van der Waals surface area contributed by atoms with Crippen molar-refractivity contribution >= 4 is 71.6 Å². The van der Waals surface area contributed by atoms with Crippen LogP contribution in [-0.2, 0) is 0 Å². The van der Waals surface area contributed by atoms with Crippen LogP contribution in [0.4, 0.5) is 17.1 Å². The Kier molecular flexibility index (Phi) is 7.14. The van der Waals surface area contributed by atoms with Crippen LogP contribution in [0.3, 0.4) is 0 Å². The first-order chi connectivity index (χ1) is 27.3. The number of nitrogens with zero attached hydrogens (tertiary/aromatic N) is 2. The number of hydrogen-bond donors (Lipinski definition) is 0. The molecule has 2 aromatic heterocycles. The molecule has 0 N–H and O–H groups in total. The summed E-state index contributed by atoms with van der Waals surface area (Å²) in [6.45, 7) is 0. The molecular formula is C51H32N2O2. The molecule has 258 valence electrons. The lowest BCUT2D eigenvalue weighted by Gasteiger charge is -2.28. The third kappa shape index (κ3) is 5.19. The number of rotatable bonds is 6. The van der Waals surface area contributed by atoms with Gasteiger partial charge in [0.05, 0.1) is 11.4 Å². The van der Waals surface area contributed by atoms with Crippen molar-refractivity contribution in [2.24, 2.45) is 0 Å². The van der Waals surface area contributed by atoms with Crippen LogP contribution in [0.5, 0.6) is 0 Å². The van der Waals surface area contributed by atoms with Crippen molar-refractivity contribution in [2.45, 2.75) is 0 Å². The summed E-state index contributed by atoms with van der Waals surface area (Å²) in [7, 11) is 0. The Morgan fingerprint density at radius 3 is 1.95 bits per heavy atom. The summed E-state index contributed by atoms with van der Waals surface area (Å²) in [6.07, 6.45) is 0. The number of oxazole rings is 1. The molecule has 4 nitrogen and oxygen atoms in total. The number of aromatic nitrogens is 1. The van der Waals surface area contributed by atoms with Gasteiger partial charge < -0.3 is 13.7 Å². The van der Waals surface area contributed by atoms with Crippen LogP contribution in [0.2, 0.25) is 0 Å². The van der Waals surface area contributed by atoms with E-state index < -0.39 is 0 Å². The molecule has 0 spiro atoms. The normalized spacial score (nSPS) is 11.6. The maximum Gasteiger partial charge on any atom is 0.227 e. The molecule has 0 amide bonds. The summed E-state index contributed by atoms with van der Waals surface area (Å²) < 4.78 is 13.4. The number of benzene rings is 9. The highest BCUT2D eigenvalue weighted by molar-refractivity contribution is 6.12. The van der Waals surface area contributed by atoms with Crippen LogP contribution in [0.1, 0.15) is 0 Å². The minimum absolute atomic E-state index is 0.609. The summed E-state index contributed by atoms with van der Waals surface area (Å²) in [5, 5.41) is 6.71. The Hall–Kier alpha value is -7.43. The molecule has 11 aromatic rings. The van der Waals surface area contributed by atoms with E-state index in [4.69, 9.17) is 13.8 Å². The van der Waals surface area contributed by atoms with Gasteiger partial charge in [0.15, 0.2) is 11.2 Å². The van der Waals surface area contributed by atoms with Crippen LogP contribution >= 0.6 is 0 Å². The first-order valence-electron chi connectivity index (χ1n) is 18.5. The minimum atomic E-state index is 0.609. The Bertz CT molecular complexity index is 3230. The molecule has 55 heavy (non-hydrogen) atoms. The van der Waals surface area contributed by atoms with Crippen molar-refractivity contribution < 1.29 is 8.83 Å². The van der Waals surface area contributed by atoms with Gasteiger partial charge in [-0.05, 0) is 81.9 Å². The van der Waals surface area contributed by atoms with Gasteiger partial charge >= 0.3 is 0 Å². The first kappa shape index (κ1) is 31.1. The second kappa shape index (κ2) is 12.6. The lowest BCUT2D eigenvalue weighted by atomic mass is 9.95. The SMILES string of the molecule is c1ccc(N(c2ccccc2-c2cccc(-c3cc4ccccc4c4nc(-c5ccc6ccccc6c5)oc34)c2)c2cccc3c2oc2ccccc23)cc1. The average molecular weight is 705 g/mol. The molecule has 0 atom stereocenters. The maximum absolute atomic E-state index is 6.76. The second-order valence-electron chi connectivity index (χ2n) is 13.9. The van der Waals surface area contributed by atoms with E-state index in [0.717, 1.165) is 94.1 Å². The average Bonchev–Trinajstić information content (AvgIpc) is 3.88. The monoisotopic (exact) mass is 704 g/mol. The molecule has 0 aliphatic carbocycles. The van der Waals surface area contributed by atoms with E-state index in [1.807, 2.05) is 12.1 Å². The smallest absolute Gasteiger partial charge is 0.227 e. The fourth-order valence-corrected chi connectivity index (χ4v) is 8.07. The number of furan rings is 1. The zero-order valence-electron chi connectivity index (χ0n) is 29.7. The lowest BCUT2D eigenvalue weighted by Crippen LogP contribution is -2.11. The summed E-state index contributed by atoms with van der Waals surface area (Å²) in [5.74, 6) is 0.609. The van der Waals surface area contributed by atoms with Gasteiger partial charge in [0.1, 0.15) is 11.1 Å². The van der Waals surface area contributed by atoms with E-state index in [9.17, 15) is 0 Å². The van der Waals surface area contributed by atoms with Crippen molar-refractivity contribution in [1.29, 1.82) is 0 Å². The molecular weight excluding hydrogens is 673 g/mol. The molecule has 0 radical (unpaired) electrons. The Labute approximate surface area is 317 Å². The minimum Gasteiger partial charge on any atom is -0.454 e. The van der Waals surface area contributed by atoms with E-state index in [0.29, 0.717) is 5.89 Å². The molecule has 0 saturated carbocycles. The Morgan fingerprint density at radius 1 is 0.382 bits per heavy atom. The first-order valence-corrected chi connectivity index (χ1v) is 18.5. The third-order valence-electron chi connectivity index (χ3n) is 10.7. The summed E-state index contributed by atoms with van der Waals surface area (Å²) in [4.78, 5) is 7.46. The molecule has 0 unspecified atom stereocenters. The molecule has 11 rings (SSSR count). The van der Waals surface area contributed by atoms with Gasteiger partial charge in [-0.3, -0.25) is 0 Å². The van der Waals surface area contributed by atoms with E-state index in [1.54, 1.807) is 0 Å². The Balaban J connectivity index is 1.09. The number of anilines is 3. The highest BCUT2D eigenvalue weighted by Crippen LogP contribution is 2.46. The van der Waals surface area contributed by atoms with Crippen LogP contribution in [0, 0.1) is 0 Å². The van der Waals surface area contributed by atoms with E-state index in [1.165, 1.54) is 5.39 Å². The van der Waals surface area contributed by atoms with E-state index >= 15 is 0 Å². The molecule has 0 fully saturated rings. The van der Waals surface area contributed by atoms with Gasteiger partial charge in [-0.25, -0.2) is 4.98 Å². The standard InChI is InChI=1S/C51H32N2O2/c1-2-19-39(20-3-1)53(46-26-13-24-43-42-23-9-11-27-47(42)54-49(43)46)45-25-10-8-21-40(45)35-17-12-18-36(31-35)44-32-37-16-6-7-22-41(37)48-50(44)55-51(52-48)38-29-28-33-14-4-5-15-34(33)30-38/h1-32H. The van der Waals surface area contributed by atoms with E-state index in [2.05, 4.69) is 187 Å². The van der Waals surface area contributed by atoms with Crippen molar-refractivity contribution in [3.05, 3.63) is 194 Å². The molecule has 4 heteroatoms. The molecule has 0 aliphatic rings. The van der Waals surface area contributed by atoms with Gasteiger partial charge in [0, 0.05) is 38.5 Å². The lowest BCUT2D eigenvalue weighted by molar-refractivity contribution is 0.621. The Morgan fingerprint density at radius 2 is 1.05 bits per heavy atom. The topological polar surface area (TPSA) is 42.4 Å². The van der Waals surface area contributed by atoms with Crippen LogP contribution in [0.15, 0.2) is 203 Å². The van der Waals surface area contributed by atoms with Crippen LogP contribution in [-0.4, -0.2) is 4.98 Å². The third-order valence-corrected chi connectivity index (χ3v) is 10.7. The predicted molar refractivity (Wildman–Crippen MR) is 227 cm³/mol. The number of hydrogen-bond acceptors (Lipinski definition) is 4. The van der Waals surface area contributed by atoms with Crippen LogP contribution < -0.4 is 4.90 Å². The summed E-state index contributed by atoms with van der Waals surface area (Å²) >= 11 is 0. The van der Waals surface area contributed by atoms with Gasteiger partial charge in [-0.1, -0.05) is 140 Å². The van der Waals surface area contributed by atoms with Crippen molar-refractivity contribution in [2.75, 3.05) is 4.90 Å². The van der Waals surface area contributed by atoms with Crippen molar-refractivity contribution in [3.63, 3.8) is 0 Å². The van der Waals surface area contributed by atoms with Gasteiger partial charge in [0.2, 0.25) is 5.89 Å². The predicted octanol–water partition coefficient (Wildman–Crippen LogP) is 14.5. The highest BCUT2D eigenvalue weighted by atomic mass is 16.3. The fourth-order valence-electron chi connectivity index (χ4n) is 8.07. The molecule has 0 saturated heterocycles. The van der Waals surface area contributed by atoms with Crippen molar-refractivity contribution in [1.82, 2.24) is 4.98 Å². The number of fused-ring (bicyclic) bond motifs is 7. The van der Waals surface area contributed by atoms with Crippen LogP contribution in [0.25, 0.3) is 88.3 Å². The highest BCUT2D eigenvalue weighted by Gasteiger charge is 2.23. The van der Waals surface area contributed by atoms with E-state index in [-0.39, 0.29) is 0 Å². The second-order valence-corrected chi connectivity index (χ2v) is 13.9. The zero-order chi connectivity index (χ0) is 36.3. The van der Waals surface area contributed by atoms with Gasteiger partial charge in [-0.15, -0.1) is 0 Å². The molecule has 0 bridgehead atoms.